The molecule has 1 fully saturated rings. The van der Waals surface area contributed by atoms with Gasteiger partial charge in [-0.2, -0.15) is 0 Å². The van der Waals surface area contributed by atoms with Crippen LogP contribution in [0.3, 0.4) is 0 Å². The highest BCUT2D eigenvalue weighted by molar-refractivity contribution is 6.30. The number of carbonyl (C=O) groups is 1. The summed E-state index contributed by atoms with van der Waals surface area (Å²) in [7, 11) is 3.83. The molecule has 2 unspecified atom stereocenters. The summed E-state index contributed by atoms with van der Waals surface area (Å²) in [4.78, 5) is 29.5. The number of fused-ring (bicyclic) bond motifs is 4. The average molecular weight is 412 g/mol. The Bertz CT molecular complexity index is 994. The number of carbonyl (C=O) groups excluding carboxylic acids is 1. The molecule has 0 N–H and O–H groups in total. The van der Waals surface area contributed by atoms with Gasteiger partial charge in [-0.1, -0.05) is 29.8 Å². The molecule has 152 valence electrons. The highest BCUT2D eigenvalue weighted by atomic mass is 35.5. The van der Waals surface area contributed by atoms with Gasteiger partial charge in [-0.3, -0.25) is 9.59 Å². The van der Waals surface area contributed by atoms with Crippen molar-refractivity contribution < 1.29 is 4.79 Å². The fourth-order valence-electron chi connectivity index (χ4n) is 4.42. The van der Waals surface area contributed by atoms with E-state index < -0.39 is 0 Å². The zero-order chi connectivity index (χ0) is 20.5. The Morgan fingerprint density at radius 1 is 1.10 bits per heavy atom. The number of benzene rings is 1. The van der Waals surface area contributed by atoms with Crippen LogP contribution in [0.15, 0.2) is 41.2 Å². The third-order valence-corrected chi connectivity index (χ3v) is 6.02. The Kier molecular flexibility index (Phi) is 5.61. The maximum atomic E-state index is 13.1. The maximum absolute atomic E-state index is 13.1. The molecule has 4 rings (SSSR count). The molecule has 2 aliphatic rings. The molecule has 0 saturated carbocycles. The minimum atomic E-state index is 0.0514. The molecule has 29 heavy (non-hydrogen) atoms. The lowest BCUT2D eigenvalue weighted by Gasteiger charge is -2.43. The zero-order valence-electron chi connectivity index (χ0n) is 16.8. The summed E-state index contributed by atoms with van der Waals surface area (Å²) in [6.07, 6.45) is 4.85. The van der Waals surface area contributed by atoms with Crippen molar-refractivity contribution in [3.8, 4) is 0 Å². The van der Waals surface area contributed by atoms with Crippen LogP contribution in [0.25, 0.3) is 12.2 Å². The van der Waals surface area contributed by atoms with Crippen molar-refractivity contribution in [2.45, 2.75) is 18.9 Å². The van der Waals surface area contributed by atoms with Crippen LogP contribution >= 0.6 is 11.6 Å². The largest absolute Gasteiger partial charge is 0.341 e. The fourth-order valence-corrected chi connectivity index (χ4v) is 4.55. The van der Waals surface area contributed by atoms with E-state index >= 15 is 0 Å². The van der Waals surface area contributed by atoms with E-state index in [-0.39, 0.29) is 17.4 Å². The number of hydrogen-bond donors (Lipinski definition) is 0. The first kappa shape index (κ1) is 19.9. The van der Waals surface area contributed by atoms with E-state index in [0.29, 0.717) is 36.1 Å². The van der Waals surface area contributed by atoms with Crippen LogP contribution in [-0.4, -0.2) is 54.0 Å². The van der Waals surface area contributed by atoms with Crippen LogP contribution in [0.5, 0.6) is 0 Å². The van der Waals surface area contributed by atoms with Crippen molar-refractivity contribution in [3.05, 3.63) is 68.6 Å². The molecular weight excluding hydrogens is 386 g/mol. The van der Waals surface area contributed by atoms with Gasteiger partial charge < -0.3 is 14.4 Å². The Morgan fingerprint density at radius 3 is 2.59 bits per heavy atom. The van der Waals surface area contributed by atoms with Gasteiger partial charge in [0, 0.05) is 41.8 Å². The predicted octanol–water partition coefficient (Wildman–Crippen LogP) is 3.18. The second kappa shape index (κ2) is 8.17. The summed E-state index contributed by atoms with van der Waals surface area (Å²) in [6, 6.07) is 11.5. The van der Waals surface area contributed by atoms with Crippen molar-refractivity contribution in [3.63, 3.8) is 0 Å². The van der Waals surface area contributed by atoms with Crippen LogP contribution in [0.2, 0.25) is 5.02 Å². The van der Waals surface area contributed by atoms with Crippen LogP contribution in [0.1, 0.15) is 29.2 Å². The summed E-state index contributed by atoms with van der Waals surface area (Å²) in [5.41, 5.74) is 2.79. The third kappa shape index (κ3) is 4.31. The molecule has 1 saturated heterocycles. The molecule has 2 aliphatic heterocycles. The van der Waals surface area contributed by atoms with Gasteiger partial charge in [0.25, 0.3) is 5.56 Å². The van der Waals surface area contributed by atoms with Gasteiger partial charge in [0.2, 0.25) is 5.91 Å². The topological polar surface area (TPSA) is 45.6 Å². The van der Waals surface area contributed by atoms with E-state index in [4.69, 9.17) is 11.6 Å². The standard InChI is InChI=1S/C23H26ClN3O2/c1-25(2)15-22(28)26-12-17-11-19(14-26)21-10-7-18(23(29)27(21)13-17)6-3-16-4-8-20(24)9-5-16/h3-10,17,19H,11-15H2,1-2H3. The summed E-state index contributed by atoms with van der Waals surface area (Å²) < 4.78 is 1.92. The molecule has 0 spiro atoms. The Balaban J connectivity index is 1.56. The van der Waals surface area contributed by atoms with Gasteiger partial charge in [0.1, 0.15) is 0 Å². The van der Waals surface area contributed by atoms with Crippen LogP contribution < -0.4 is 5.56 Å². The van der Waals surface area contributed by atoms with E-state index in [0.717, 1.165) is 24.2 Å². The van der Waals surface area contributed by atoms with Gasteiger partial charge >= 0.3 is 0 Å². The van der Waals surface area contributed by atoms with E-state index in [2.05, 4.69) is 6.07 Å². The molecule has 0 aliphatic carbocycles. The molecule has 1 amide bonds. The number of likely N-dealkylation sites (tertiary alicyclic amines) is 1. The van der Waals surface area contributed by atoms with Crippen molar-refractivity contribution >= 4 is 29.7 Å². The molecule has 2 atom stereocenters. The number of nitrogens with zero attached hydrogens (tertiary/aromatic N) is 3. The predicted molar refractivity (Wildman–Crippen MR) is 117 cm³/mol. The van der Waals surface area contributed by atoms with Crippen molar-refractivity contribution in [1.29, 1.82) is 0 Å². The first-order valence-electron chi connectivity index (χ1n) is 10.0. The van der Waals surface area contributed by atoms with Gasteiger partial charge in [0.05, 0.1) is 6.54 Å². The molecule has 6 heteroatoms. The monoisotopic (exact) mass is 411 g/mol. The molecule has 1 aromatic carbocycles. The lowest BCUT2D eigenvalue weighted by Crippen LogP contribution is -2.51. The molecule has 3 heterocycles. The molecule has 5 nitrogen and oxygen atoms in total. The van der Waals surface area contributed by atoms with Gasteiger partial charge in [-0.25, -0.2) is 0 Å². The molecule has 2 bridgehead atoms. The molecule has 1 aromatic heterocycles. The van der Waals surface area contributed by atoms with E-state index in [1.54, 1.807) is 0 Å². The quantitative estimate of drug-likeness (QED) is 0.776. The lowest BCUT2D eigenvalue weighted by atomic mass is 9.83. The number of pyridine rings is 1. The third-order valence-electron chi connectivity index (χ3n) is 5.76. The van der Waals surface area contributed by atoms with Crippen LogP contribution in [0, 0.1) is 5.92 Å². The van der Waals surface area contributed by atoms with E-state index in [1.165, 1.54) is 0 Å². The number of halogens is 1. The number of rotatable bonds is 4. The number of aromatic nitrogens is 1. The summed E-state index contributed by atoms with van der Waals surface area (Å²) >= 11 is 5.93. The normalized spacial score (nSPS) is 20.9. The lowest BCUT2D eigenvalue weighted by molar-refractivity contribution is -0.134. The summed E-state index contributed by atoms with van der Waals surface area (Å²) in [5.74, 6) is 0.735. The average Bonchev–Trinajstić information content (AvgIpc) is 2.68. The zero-order valence-corrected chi connectivity index (χ0v) is 17.6. The van der Waals surface area contributed by atoms with Gasteiger partial charge in [-0.05, 0) is 62.3 Å². The Morgan fingerprint density at radius 2 is 1.86 bits per heavy atom. The molecule has 0 radical (unpaired) electrons. The van der Waals surface area contributed by atoms with Crippen molar-refractivity contribution in [2.24, 2.45) is 5.92 Å². The highest BCUT2D eigenvalue weighted by Crippen LogP contribution is 2.35. The first-order chi connectivity index (χ1) is 13.9. The smallest absolute Gasteiger partial charge is 0.258 e. The van der Waals surface area contributed by atoms with Crippen molar-refractivity contribution in [2.75, 3.05) is 33.7 Å². The minimum absolute atomic E-state index is 0.0514. The summed E-state index contributed by atoms with van der Waals surface area (Å²) in [6.45, 7) is 2.54. The van der Waals surface area contributed by atoms with E-state index in [9.17, 15) is 9.59 Å². The van der Waals surface area contributed by atoms with Crippen LogP contribution in [0.4, 0.5) is 0 Å². The SMILES string of the molecule is CN(C)CC(=O)N1CC2CC(C1)c1ccc(C=Cc3ccc(Cl)cc3)c(=O)n1C2. The second-order valence-corrected chi connectivity index (χ2v) is 8.79. The fraction of sp³-hybridized carbons (Fsp3) is 0.391. The first-order valence-corrected chi connectivity index (χ1v) is 10.4. The number of amides is 1. The van der Waals surface area contributed by atoms with Crippen molar-refractivity contribution in [1.82, 2.24) is 14.4 Å². The summed E-state index contributed by atoms with van der Waals surface area (Å²) in [5, 5.41) is 0.695. The maximum Gasteiger partial charge on any atom is 0.258 e. The van der Waals surface area contributed by atoms with Crippen LogP contribution in [-0.2, 0) is 11.3 Å². The highest BCUT2D eigenvalue weighted by Gasteiger charge is 2.36. The second-order valence-electron chi connectivity index (χ2n) is 8.35. The minimum Gasteiger partial charge on any atom is -0.341 e. The molecular formula is C23H26ClN3O2. The molecule has 2 aromatic rings. The Labute approximate surface area is 176 Å². The number of piperidine rings is 1. The number of likely N-dealkylation sites (N-methyl/N-ethyl adjacent to an activating group) is 1. The van der Waals surface area contributed by atoms with Gasteiger partial charge in [0.15, 0.2) is 0 Å². The van der Waals surface area contributed by atoms with Gasteiger partial charge in [-0.15, -0.1) is 0 Å². The Hall–Kier alpha value is -2.37. The number of hydrogen-bond acceptors (Lipinski definition) is 3. The van der Waals surface area contributed by atoms with E-state index in [1.807, 2.05) is 70.9 Å².